The molecule has 0 heterocycles. The Labute approximate surface area is 82.9 Å². The van der Waals surface area contributed by atoms with E-state index in [0.717, 1.165) is 12.1 Å². The highest BCUT2D eigenvalue weighted by atomic mass is 19.4. The first-order valence-corrected chi connectivity index (χ1v) is 3.80. The van der Waals surface area contributed by atoms with Gasteiger partial charge in [-0.15, -0.1) is 0 Å². The molecule has 0 saturated heterocycles. The average molecular weight is 220 g/mol. The van der Waals surface area contributed by atoms with E-state index in [0.29, 0.717) is 0 Å². The second kappa shape index (κ2) is 3.88. The van der Waals surface area contributed by atoms with Crippen LogP contribution < -0.4 is 5.32 Å². The summed E-state index contributed by atoms with van der Waals surface area (Å²) in [6.45, 7) is 0. The second-order valence-corrected chi connectivity index (χ2v) is 2.69. The Bertz CT molecular complexity index is 386. The van der Waals surface area contributed by atoms with Gasteiger partial charge in [-0.05, 0) is 18.2 Å². The van der Waals surface area contributed by atoms with Crippen LogP contribution in [-0.4, -0.2) is 5.91 Å². The smallest absolute Gasteiger partial charge is 0.350 e. The molecule has 1 rings (SSSR count). The van der Waals surface area contributed by atoms with Crippen molar-refractivity contribution in [1.29, 1.82) is 0 Å². The van der Waals surface area contributed by atoms with Crippen LogP contribution in [-0.2, 0) is 6.18 Å². The van der Waals surface area contributed by atoms with Crippen molar-refractivity contribution in [2.24, 2.45) is 0 Å². The quantitative estimate of drug-likeness (QED) is 0.723. The summed E-state index contributed by atoms with van der Waals surface area (Å²) in [5, 5.41) is 1.80. The predicted molar refractivity (Wildman–Crippen MR) is 44.2 cm³/mol. The zero-order valence-corrected chi connectivity index (χ0v) is 7.36. The number of carbonyl (C=O) groups is 1. The van der Waals surface area contributed by atoms with Crippen LogP contribution in [0, 0.1) is 12.9 Å². The minimum Gasteiger partial charge on any atom is -0.350 e. The van der Waals surface area contributed by atoms with E-state index in [4.69, 9.17) is 0 Å². The largest absolute Gasteiger partial charge is 0.417 e. The van der Waals surface area contributed by atoms with Crippen LogP contribution in [0.2, 0.25) is 0 Å². The van der Waals surface area contributed by atoms with Crippen LogP contribution in [0.15, 0.2) is 18.2 Å². The summed E-state index contributed by atoms with van der Waals surface area (Å²) >= 11 is 0. The van der Waals surface area contributed by atoms with Gasteiger partial charge >= 0.3 is 6.18 Å². The van der Waals surface area contributed by atoms with Gasteiger partial charge in [0.2, 0.25) is 0 Å². The Kier molecular flexibility index (Phi) is 2.97. The van der Waals surface area contributed by atoms with Crippen molar-refractivity contribution in [3.63, 3.8) is 0 Å². The monoisotopic (exact) mass is 220 g/mol. The number of hydrogen-bond donors (Lipinski definition) is 1. The first kappa shape index (κ1) is 11.5. The Morgan fingerprint density at radius 1 is 1.33 bits per heavy atom. The SMILES string of the molecule is [CH2]NC(=O)c1ccc(F)cc1C(F)(F)F. The maximum Gasteiger partial charge on any atom is 0.417 e. The summed E-state index contributed by atoms with van der Waals surface area (Å²) in [5.41, 5.74) is -1.97. The highest BCUT2D eigenvalue weighted by molar-refractivity contribution is 5.95. The zero-order valence-electron chi connectivity index (χ0n) is 7.36. The molecule has 1 aromatic carbocycles. The number of carbonyl (C=O) groups excluding carboxylic acids is 1. The number of benzene rings is 1. The first-order chi connectivity index (χ1) is 6.86. The van der Waals surface area contributed by atoms with Crippen molar-refractivity contribution in [2.75, 3.05) is 0 Å². The molecule has 0 fully saturated rings. The van der Waals surface area contributed by atoms with Crippen molar-refractivity contribution < 1.29 is 22.4 Å². The van der Waals surface area contributed by atoms with E-state index in [9.17, 15) is 22.4 Å². The molecule has 0 aliphatic rings. The van der Waals surface area contributed by atoms with Gasteiger partial charge < -0.3 is 5.32 Å². The van der Waals surface area contributed by atoms with Crippen LogP contribution in [0.25, 0.3) is 0 Å². The fraction of sp³-hybridized carbons (Fsp3) is 0.111. The lowest BCUT2D eigenvalue weighted by molar-refractivity contribution is -0.138. The molecule has 1 amide bonds. The minimum atomic E-state index is -4.77. The standard InChI is InChI=1S/C9H6F4NO/c1-14-8(15)6-3-2-5(10)4-7(6)9(11,12)13/h2-4H,1H2,(H,14,15). The molecule has 2 nitrogen and oxygen atoms in total. The Morgan fingerprint density at radius 2 is 1.93 bits per heavy atom. The zero-order chi connectivity index (χ0) is 11.6. The third kappa shape index (κ3) is 2.45. The molecule has 0 atom stereocenters. The maximum atomic E-state index is 12.6. The molecular formula is C9H6F4NO. The summed E-state index contributed by atoms with van der Waals surface area (Å²) < 4.78 is 49.7. The highest BCUT2D eigenvalue weighted by Crippen LogP contribution is 2.32. The van der Waals surface area contributed by atoms with Gasteiger partial charge in [-0.1, -0.05) is 0 Å². The number of rotatable bonds is 1. The van der Waals surface area contributed by atoms with Crippen LogP contribution >= 0.6 is 0 Å². The van der Waals surface area contributed by atoms with Crippen molar-refractivity contribution >= 4 is 5.91 Å². The van der Waals surface area contributed by atoms with Crippen molar-refractivity contribution in [2.45, 2.75) is 6.18 Å². The predicted octanol–water partition coefficient (Wildman–Crippen LogP) is 2.37. The van der Waals surface area contributed by atoms with E-state index in [1.54, 1.807) is 5.32 Å². The molecule has 0 aliphatic carbocycles. The van der Waals surface area contributed by atoms with Crippen LogP contribution in [0.5, 0.6) is 0 Å². The van der Waals surface area contributed by atoms with Gasteiger partial charge in [0, 0.05) is 7.05 Å². The molecule has 0 aromatic heterocycles. The van der Waals surface area contributed by atoms with E-state index >= 15 is 0 Å². The van der Waals surface area contributed by atoms with Crippen molar-refractivity contribution in [3.8, 4) is 0 Å². The van der Waals surface area contributed by atoms with Gasteiger partial charge in [-0.25, -0.2) is 4.39 Å². The van der Waals surface area contributed by atoms with E-state index in [2.05, 4.69) is 7.05 Å². The molecule has 1 aromatic rings. The van der Waals surface area contributed by atoms with Gasteiger partial charge in [0.1, 0.15) is 5.82 Å². The number of nitrogens with one attached hydrogen (secondary N) is 1. The van der Waals surface area contributed by atoms with Gasteiger partial charge in [0.25, 0.3) is 5.91 Å². The first-order valence-electron chi connectivity index (χ1n) is 3.80. The van der Waals surface area contributed by atoms with Crippen molar-refractivity contribution in [1.82, 2.24) is 5.32 Å². The Morgan fingerprint density at radius 3 is 2.40 bits per heavy atom. The summed E-state index contributed by atoms with van der Waals surface area (Å²) in [5.74, 6) is -2.06. The molecule has 0 aliphatic heterocycles. The molecule has 0 unspecified atom stereocenters. The number of hydrogen-bond acceptors (Lipinski definition) is 1. The lowest BCUT2D eigenvalue weighted by atomic mass is 10.1. The molecule has 1 radical (unpaired) electrons. The van der Waals surface area contributed by atoms with Gasteiger partial charge in [0.05, 0.1) is 11.1 Å². The molecule has 15 heavy (non-hydrogen) atoms. The second-order valence-electron chi connectivity index (χ2n) is 2.69. The fourth-order valence-electron chi connectivity index (χ4n) is 1.04. The molecule has 6 heteroatoms. The van der Waals surface area contributed by atoms with Crippen LogP contribution in [0.3, 0.4) is 0 Å². The van der Waals surface area contributed by atoms with E-state index in [1.165, 1.54) is 0 Å². The Hall–Kier alpha value is -1.59. The number of alkyl halides is 3. The lowest BCUT2D eigenvalue weighted by Crippen LogP contribution is -2.21. The van der Waals surface area contributed by atoms with Gasteiger partial charge in [-0.2, -0.15) is 13.2 Å². The summed E-state index contributed by atoms with van der Waals surface area (Å²) in [6.07, 6.45) is -4.77. The minimum absolute atomic E-state index is 0.268. The normalized spacial score (nSPS) is 11.3. The summed E-state index contributed by atoms with van der Waals surface area (Å²) in [4.78, 5) is 11.0. The topological polar surface area (TPSA) is 29.1 Å². The third-order valence-electron chi connectivity index (χ3n) is 1.69. The summed E-state index contributed by atoms with van der Waals surface area (Å²) in [6, 6.07) is 1.81. The summed E-state index contributed by atoms with van der Waals surface area (Å²) in [7, 11) is 2.95. The molecule has 0 spiro atoms. The van der Waals surface area contributed by atoms with Gasteiger partial charge in [-0.3, -0.25) is 4.79 Å². The maximum absolute atomic E-state index is 12.6. The molecule has 1 N–H and O–H groups in total. The van der Waals surface area contributed by atoms with Crippen LogP contribution in [0.4, 0.5) is 17.6 Å². The van der Waals surface area contributed by atoms with Crippen LogP contribution in [0.1, 0.15) is 15.9 Å². The van der Waals surface area contributed by atoms with E-state index < -0.39 is 29.0 Å². The highest BCUT2D eigenvalue weighted by Gasteiger charge is 2.35. The molecule has 0 bridgehead atoms. The lowest BCUT2D eigenvalue weighted by Gasteiger charge is -2.11. The number of amides is 1. The molecule has 0 saturated carbocycles. The van der Waals surface area contributed by atoms with E-state index in [-0.39, 0.29) is 6.07 Å². The Balaban J connectivity index is 3.33. The third-order valence-corrected chi connectivity index (χ3v) is 1.69. The molecule has 81 valence electrons. The molecular weight excluding hydrogens is 214 g/mol. The fourth-order valence-corrected chi connectivity index (χ4v) is 1.04. The van der Waals surface area contributed by atoms with Gasteiger partial charge in [0.15, 0.2) is 0 Å². The number of halogens is 4. The van der Waals surface area contributed by atoms with E-state index in [1.807, 2.05) is 0 Å². The average Bonchev–Trinajstić information content (AvgIpc) is 2.15. The van der Waals surface area contributed by atoms with Crippen molar-refractivity contribution in [3.05, 3.63) is 42.2 Å².